The van der Waals surface area contributed by atoms with E-state index in [4.69, 9.17) is 25.6 Å². The second-order valence-corrected chi connectivity index (χ2v) is 7.44. The maximum Gasteiger partial charge on any atom is 0.246 e. The average molecular weight is 430 g/mol. The molecule has 2 aromatic carbocycles. The number of hydrogen-bond acceptors (Lipinski definition) is 6. The Morgan fingerprint density at radius 1 is 1.10 bits per heavy atom. The van der Waals surface area contributed by atoms with Gasteiger partial charge in [-0.05, 0) is 55.8 Å². The quantitative estimate of drug-likeness (QED) is 0.528. The number of ether oxygens (including phenoxy) is 2. The Hall–Kier alpha value is -3.06. The molecule has 1 heterocycles. The van der Waals surface area contributed by atoms with Gasteiger partial charge in [0.05, 0.1) is 20.6 Å². The normalized spacial score (nSPS) is 10.9. The number of carbonyl (C=O) groups is 1. The zero-order valence-electron chi connectivity index (χ0n) is 17.4. The number of halogens is 1. The van der Waals surface area contributed by atoms with Crippen LogP contribution in [-0.2, 0) is 17.8 Å². The first-order valence-corrected chi connectivity index (χ1v) is 9.88. The van der Waals surface area contributed by atoms with Gasteiger partial charge in [-0.3, -0.25) is 4.79 Å². The molecular weight excluding hydrogens is 406 g/mol. The lowest BCUT2D eigenvalue weighted by Gasteiger charge is -2.25. The zero-order valence-corrected chi connectivity index (χ0v) is 18.1. The minimum Gasteiger partial charge on any atom is -0.493 e. The van der Waals surface area contributed by atoms with Gasteiger partial charge in [0.1, 0.15) is 6.54 Å². The molecule has 0 unspecified atom stereocenters. The summed E-state index contributed by atoms with van der Waals surface area (Å²) in [4.78, 5) is 19.1. The number of benzene rings is 2. The minimum absolute atomic E-state index is 0.0384. The fraction of sp³-hybridized carbons (Fsp3) is 0.318. The van der Waals surface area contributed by atoms with E-state index in [9.17, 15) is 4.79 Å². The van der Waals surface area contributed by atoms with Gasteiger partial charge in [-0.15, -0.1) is 0 Å². The molecule has 3 rings (SSSR count). The molecule has 30 heavy (non-hydrogen) atoms. The Morgan fingerprint density at radius 2 is 1.80 bits per heavy atom. The highest BCUT2D eigenvalue weighted by molar-refractivity contribution is 6.30. The van der Waals surface area contributed by atoms with Gasteiger partial charge in [-0.2, -0.15) is 4.98 Å². The van der Waals surface area contributed by atoms with Gasteiger partial charge in [-0.25, -0.2) is 0 Å². The Morgan fingerprint density at radius 3 is 2.43 bits per heavy atom. The monoisotopic (exact) mass is 429 g/mol. The molecule has 0 aliphatic carbocycles. The largest absolute Gasteiger partial charge is 0.493 e. The molecule has 158 valence electrons. The number of methoxy groups -OCH3 is 2. The van der Waals surface area contributed by atoms with E-state index in [0.29, 0.717) is 28.2 Å². The van der Waals surface area contributed by atoms with Crippen molar-refractivity contribution < 1.29 is 18.8 Å². The second kappa shape index (κ2) is 9.63. The SMILES string of the molecule is COc1ccc(CC(=O)N(Cc2nc(-c3ccc(Cl)cc3)no2)C(C)C)cc1OC. The van der Waals surface area contributed by atoms with Gasteiger partial charge < -0.3 is 18.9 Å². The van der Waals surface area contributed by atoms with Crippen molar-refractivity contribution in [3.05, 3.63) is 58.9 Å². The van der Waals surface area contributed by atoms with Crippen molar-refractivity contribution in [3.63, 3.8) is 0 Å². The van der Waals surface area contributed by atoms with E-state index in [2.05, 4.69) is 10.1 Å². The first-order chi connectivity index (χ1) is 14.4. The summed E-state index contributed by atoms with van der Waals surface area (Å²) >= 11 is 5.92. The van der Waals surface area contributed by atoms with Crippen LogP contribution in [-0.4, -0.2) is 41.2 Å². The Labute approximate surface area is 180 Å². The molecule has 0 saturated heterocycles. The highest BCUT2D eigenvalue weighted by Gasteiger charge is 2.21. The van der Waals surface area contributed by atoms with Crippen LogP contribution in [0, 0.1) is 0 Å². The van der Waals surface area contributed by atoms with Crippen LogP contribution in [0.5, 0.6) is 11.5 Å². The molecule has 0 bridgehead atoms. The van der Waals surface area contributed by atoms with E-state index in [1.54, 1.807) is 43.4 Å². The van der Waals surface area contributed by atoms with Crippen LogP contribution in [0.4, 0.5) is 0 Å². The first-order valence-electron chi connectivity index (χ1n) is 9.50. The number of aromatic nitrogens is 2. The molecule has 0 spiro atoms. The predicted molar refractivity (Wildman–Crippen MR) is 114 cm³/mol. The Balaban J connectivity index is 1.73. The highest BCUT2D eigenvalue weighted by Crippen LogP contribution is 2.28. The first kappa shape index (κ1) is 21.6. The topological polar surface area (TPSA) is 77.7 Å². The lowest BCUT2D eigenvalue weighted by Crippen LogP contribution is -2.37. The van der Waals surface area contributed by atoms with E-state index in [1.165, 1.54) is 0 Å². The van der Waals surface area contributed by atoms with Gasteiger partial charge in [0.2, 0.25) is 17.6 Å². The Bertz CT molecular complexity index is 1000. The summed E-state index contributed by atoms with van der Waals surface area (Å²) in [6.45, 7) is 4.12. The van der Waals surface area contributed by atoms with Gasteiger partial charge in [0.15, 0.2) is 11.5 Å². The van der Waals surface area contributed by atoms with Crippen molar-refractivity contribution >= 4 is 17.5 Å². The summed E-state index contributed by atoms with van der Waals surface area (Å²) in [5.41, 5.74) is 1.62. The van der Waals surface area contributed by atoms with E-state index in [0.717, 1.165) is 11.1 Å². The van der Waals surface area contributed by atoms with E-state index >= 15 is 0 Å². The lowest BCUT2D eigenvalue weighted by atomic mass is 10.1. The number of hydrogen-bond donors (Lipinski definition) is 0. The summed E-state index contributed by atoms with van der Waals surface area (Å²) in [5, 5.41) is 4.65. The van der Waals surface area contributed by atoms with Crippen molar-refractivity contribution in [2.45, 2.75) is 32.9 Å². The number of amides is 1. The molecule has 0 fully saturated rings. The number of nitrogens with zero attached hydrogens (tertiary/aromatic N) is 3. The summed E-state index contributed by atoms with van der Waals surface area (Å²) in [6.07, 6.45) is 0.219. The van der Waals surface area contributed by atoms with Crippen molar-refractivity contribution in [2.24, 2.45) is 0 Å². The van der Waals surface area contributed by atoms with Gasteiger partial charge in [0, 0.05) is 16.6 Å². The van der Waals surface area contributed by atoms with Crippen LogP contribution in [0.2, 0.25) is 5.02 Å². The van der Waals surface area contributed by atoms with Crippen molar-refractivity contribution in [2.75, 3.05) is 14.2 Å². The van der Waals surface area contributed by atoms with Crippen molar-refractivity contribution in [1.29, 1.82) is 0 Å². The van der Waals surface area contributed by atoms with Crippen LogP contribution in [0.1, 0.15) is 25.3 Å². The third-order valence-electron chi connectivity index (χ3n) is 4.62. The fourth-order valence-electron chi connectivity index (χ4n) is 3.01. The van der Waals surface area contributed by atoms with E-state index in [1.807, 2.05) is 32.0 Å². The van der Waals surface area contributed by atoms with Crippen molar-refractivity contribution in [3.8, 4) is 22.9 Å². The standard InChI is InChI=1S/C22H24ClN3O4/c1-14(2)26(21(27)12-15-5-10-18(28-3)19(11-15)29-4)13-20-24-22(25-30-20)16-6-8-17(23)9-7-16/h5-11,14H,12-13H2,1-4H3. The molecule has 8 heteroatoms. The van der Waals surface area contributed by atoms with Gasteiger partial charge in [-0.1, -0.05) is 22.8 Å². The van der Waals surface area contributed by atoms with Crippen molar-refractivity contribution in [1.82, 2.24) is 15.0 Å². The number of rotatable bonds is 8. The number of carbonyl (C=O) groups excluding carboxylic acids is 1. The summed E-state index contributed by atoms with van der Waals surface area (Å²) < 4.78 is 15.9. The van der Waals surface area contributed by atoms with Gasteiger partial charge >= 0.3 is 0 Å². The molecule has 0 atom stereocenters. The molecule has 0 aliphatic heterocycles. The summed E-state index contributed by atoms with van der Waals surface area (Å²) in [6, 6.07) is 12.6. The fourth-order valence-corrected chi connectivity index (χ4v) is 3.13. The lowest BCUT2D eigenvalue weighted by molar-refractivity contribution is -0.133. The van der Waals surface area contributed by atoms with Crippen LogP contribution >= 0.6 is 11.6 Å². The predicted octanol–water partition coefficient (Wildman–Crippen LogP) is 4.39. The maximum absolute atomic E-state index is 13.0. The summed E-state index contributed by atoms with van der Waals surface area (Å²) in [7, 11) is 3.14. The molecule has 1 aromatic heterocycles. The third-order valence-corrected chi connectivity index (χ3v) is 4.88. The average Bonchev–Trinajstić information content (AvgIpc) is 3.20. The molecule has 0 aliphatic rings. The molecule has 0 saturated carbocycles. The Kier molecular flexibility index (Phi) is 6.95. The van der Waals surface area contributed by atoms with Crippen LogP contribution < -0.4 is 9.47 Å². The van der Waals surface area contributed by atoms with Crippen LogP contribution in [0.3, 0.4) is 0 Å². The molecular formula is C22H24ClN3O4. The van der Waals surface area contributed by atoms with E-state index in [-0.39, 0.29) is 24.9 Å². The molecule has 7 nitrogen and oxygen atoms in total. The van der Waals surface area contributed by atoms with Crippen LogP contribution in [0.25, 0.3) is 11.4 Å². The summed E-state index contributed by atoms with van der Waals surface area (Å²) in [5.74, 6) is 1.98. The van der Waals surface area contributed by atoms with E-state index < -0.39 is 0 Å². The second-order valence-electron chi connectivity index (χ2n) is 7.00. The van der Waals surface area contributed by atoms with Gasteiger partial charge in [0.25, 0.3) is 0 Å². The molecule has 1 amide bonds. The zero-order chi connectivity index (χ0) is 21.7. The molecule has 3 aromatic rings. The maximum atomic E-state index is 13.0. The minimum atomic E-state index is -0.0523. The highest BCUT2D eigenvalue weighted by atomic mass is 35.5. The third kappa shape index (κ3) is 5.10. The molecule has 0 radical (unpaired) electrons. The smallest absolute Gasteiger partial charge is 0.246 e. The van der Waals surface area contributed by atoms with Crippen LogP contribution in [0.15, 0.2) is 47.0 Å². The molecule has 0 N–H and O–H groups in total.